The Hall–Kier alpha value is -2.47. The molecule has 0 aromatic heterocycles. The van der Waals surface area contributed by atoms with Crippen LogP contribution in [0.5, 0.6) is 5.75 Å². The van der Waals surface area contributed by atoms with Crippen LogP contribution in [0.1, 0.15) is 24.5 Å². The van der Waals surface area contributed by atoms with Gasteiger partial charge in [-0.1, -0.05) is 41.6 Å². The molecule has 0 spiro atoms. The number of benzene rings is 2. The molecule has 2 aromatic carbocycles. The van der Waals surface area contributed by atoms with E-state index in [0.717, 1.165) is 29.0 Å². The molecule has 5 nitrogen and oxygen atoms in total. The van der Waals surface area contributed by atoms with Crippen molar-refractivity contribution in [3.05, 3.63) is 59.7 Å². The largest absolute Gasteiger partial charge is 0.484 e. The maximum Gasteiger partial charge on any atom is 0.262 e. The molecule has 1 aliphatic rings. The van der Waals surface area contributed by atoms with Crippen molar-refractivity contribution >= 4 is 28.5 Å². The Morgan fingerprint density at radius 1 is 1.31 bits per heavy atom. The average molecular weight is 369 g/mol. The molecule has 1 aliphatic heterocycles. The number of carbonyl (C=O) groups is 1. The maximum atomic E-state index is 12.1. The van der Waals surface area contributed by atoms with Gasteiger partial charge in [0.2, 0.25) is 0 Å². The Balaban J connectivity index is 1.63. The Kier molecular flexibility index (Phi) is 5.52. The third-order valence-corrected chi connectivity index (χ3v) is 5.15. The summed E-state index contributed by atoms with van der Waals surface area (Å²) in [7, 11) is 0. The van der Waals surface area contributed by atoms with E-state index in [4.69, 9.17) is 10.5 Å². The molecule has 0 fully saturated rings. The highest BCUT2D eigenvalue weighted by Gasteiger charge is 2.29. The van der Waals surface area contributed by atoms with E-state index >= 15 is 0 Å². The van der Waals surface area contributed by atoms with Gasteiger partial charge in [0.15, 0.2) is 11.8 Å². The molecule has 3 rings (SSSR count). The molecule has 0 radical (unpaired) electrons. The standard InChI is InChI=1S/C20H23N3O2S/c1-14-6-8-16(9-7-14)22-18(24)13-25-17-5-3-4-15(12-17)20(2)10-11-26-19(21)23-20/h3-9,12H,10-11,13H2,1-2H3,(H2,21,23)(H,22,24). The van der Waals surface area contributed by atoms with Gasteiger partial charge in [-0.3, -0.25) is 9.79 Å². The van der Waals surface area contributed by atoms with Crippen LogP contribution in [0.2, 0.25) is 0 Å². The van der Waals surface area contributed by atoms with Gasteiger partial charge >= 0.3 is 0 Å². The molecule has 2 aromatic rings. The summed E-state index contributed by atoms with van der Waals surface area (Å²) in [4.78, 5) is 16.7. The number of amides is 1. The normalized spacial score (nSPS) is 19.5. The summed E-state index contributed by atoms with van der Waals surface area (Å²) in [6.45, 7) is 4.03. The van der Waals surface area contributed by atoms with Crippen LogP contribution in [0.3, 0.4) is 0 Å². The van der Waals surface area contributed by atoms with Crippen molar-refractivity contribution in [2.45, 2.75) is 25.8 Å². The Bertz CT molecular complexity index is 820. The van der Waals surface area contributed by atoms with E-state index in [1.54, 1.807) is 11.8 Å². The molecule has 0 saturated heterocycles. The molecular formula is C20H23N3O2S. The van der Waals surface area contributed by atoms with Crippen molar-refractivity contribution in [3.8, 4) is 5.75 Å². The SMILES string of the molecule is Cc1ccc(NC(=O)COc2cccc(C3(C)CCSC(N)=N3)c2)cc1. The van der Waals surface area contributed by atoms with Gasteiger partial charge in [0.25, 0.3) is 5.91 Å². The lowest BCUT2D eigenvalue weighted by molar-refractivity contribution is -0.118. The van der Waals surface area contributed by atoms with Crippen molar-refractivity contribution in [2.75, 3.05) is 17.7 Å². The molecule has 0 aliphatic carbocycles. The molecular weight excluding hydrogens is 346 g/mol. The zero-order valence-electron chi connectivity index (χ0n) is 15.0. The molecule has 26 heavy (non-hydrogen) atoms. The van der Waals surface area contributed by atoms with Gasteiger partial charge in [-0.05, 0) is 50.1 Å². The van der Waals surface area contributed by atoms with Gasteiger partial charge in [-0.25, -0.2) is 0 Å². The minimum absolute atomic E-state index is 0.0463. The fourth-order valence-electron chi connectivity index (χ4n) is 2.80. The number of nitrogens with one attached hydrogen (secondary N) is 1. The van der Waals surface area contributed by atoms with E-state index in [2.05, 4.69) is 17.2 Å². The monoisotopic (exact) mass is 369 g/mol. The molecule has 0 saturated carbocycles. The molecule has 3 N–H and O–H groups in total. The van der Waals surface area contributed by atoms with Gasteiger partial charge in [-0.15, -0.1) is 0 Å². The van der Waals surface area contributed by atoms with Crippen molar-refractivity contribution < 1.29 is 9.53 Å². The maximum absolute atomic E-state index is 12.1. The number of ether oxygens (including phenoxy) is 1. The highest BCUT2D eigenvalue weighted by atomic mass is 32.2. The second-order valence-corrected chi connectivity index (χ2v) is 7.67. The van der Waals surface area contributed by atoms with Crippen LogP contribution < -0.4 is 15.8 Å². The first-order valence-electron chi connectivity index (χ1n) is 8.53. The van der Waals surface area contributed by atoms with Gasteiger partial charge in [0.05, 0.1) is 5.54 Å². The predicted octanol–water partition coefficient (Wildman–Crippen LogP) is 3.68. The number of amidine groups is 1. The zero-order valence-corrected chi connectivity index (χ0v) is 15.8. The van der Waals surface area contributed by atoms with Gasteiger partial charge in [0, 0.05) is 11.4 Å². The fraction of sp³-hybridized carbons (Fsp3) is 0.300. The fourth-order valence-corrected chi connectivity index (χ4v) is 3.77. The first kappa shape index (κ1) is 18.3. The third kappa shape index (κ3) is 4.58. The second kappa shape index (κ2) is 7.83. The van der Waals surface area contributed by atoms with Gasteiger partial charge in [0.1, 0.15) is 5.75 Å². The summed E-state index contributed by atoms with van der Waals surface area (Å²) < 4.78 is 5.67. The number of nitrogens with zero attached hydrogens (tertiary/aromatic N) is 1. The Morgan fingerprint density at radius 2 is 2.08 bits per heavy atom. The highest BCUT2D eigenvalue weighted by Crippen LogP contribution is 2.36. The van der Waals surface area contributed by atoms with Gasteiger partial charge < -0.3 is 15.8 Å². The van der Waals surface area contributed by atoms with Crippen LogP contribution in [0.25, 0.3) is 0 Å². The molecule has 1 amide bonds. The quantitative estimate of drug-likeness (QED) is 0.843. The molecule has 1 atom stereocenters. The summed E-state index contributed by atoms with van der Waals surface area (Å²) in [5.41, 5.74) is 8.49. The first-order valence-corrected chi connectivity index (χ1v) is 9.51. The third-order valence-electron chi connectivity index (χ3n) is 4.36. The van der Waals surface area contributed by atoms with E-state index in [-0.39, 0.29) is 18.1 Å². The molecule has 6 heteroatoms. The minimum Gasteiger partial charge on any atom is -0.484 e. The van der Waals surface area contributed by atoms with E-state index in [0.29, 0.717) is 10.9 Å². The van der Waals surface area contributed by atoms with E-state index in [1.165, 1.54) is 0 Å². The van der Waals surface area contributed by atoms with E-state index < -0.39 is 0 Å². The number of hydrogen-bond acceptors (Lipinski definition) is 5. The number of nitrogens with two attached hydrogens (primary N) is 1. The number of rotatable bonds is 5. The summed E-state index contributed by atoms with van der Waals surface area (Å²) in [5.74, 6) is 1.40. The van der Waals surface area contributed by atoms with Crippen molar-refractivity contribution in [3.63, 3.8) is 0 Å². The Morgan fingerprint density at radius 3 is 2.81 bits per heavy atom. The number of anilines is 1. The summed E-state index contributed by atoms with van der Waals surface area (Å²) >= 11 is 1.58. The van der Waals surface area contributed by atoms with Crippen LogP contribution >= 0.6 is 11.8 Å². The lowest BCUT2D eigenvalue weighted by atomic mass is 9.90. The Labute approximate surface area is 158 Å². The van der Waals surface area contributed by atoms with Crippen LogP contribution in [0.4, 0.5) is 5.69 Å². The van der Waals surface area contributed by atoms with Crippen LogP contribution in [0, 0.1) is 6.92 Å². The van der Waals surface area contributed by atoms with Crippen LogP contribution in [0.15, 0.2) is 53.5 Å². The van der Waals surface area contributed by atoms with Crippen LogP contribution in [-0.4, -0.2) is 23.4 Å². The zero-order chi connectivity index (χ0) is 18.6. The molecule has 136 valence electrons. The molecule has 0 bridgehead atoms. The topological polar surface area (TPSA) is 76.7 Å². The van der Waals surface area contributed by atoms with E-state index in [9.17, 15) is 4.79 Å². The molecule has 1 heterocycles. The van der Waals surface area contributed by atoms with Crippen molar-refractivity contribution in [1.82, 2.24) is 0 Å². The average Bonchev–Trinajstić information content (AvgIpc) is 2.62. The number of aryl methyl sites for hydroxylation is 1. The van der Waals surface area contributed by atoms with Crippen LogP contribution in [-0.2, 0) is 10.3 Å². The molecule has 1 unspecified atom stereocenters. The smallest absolute Gasteiger partial charge is 0.262 e. The second-order valence-electron chi connectivity index (χ2n) is 6.55. The number of thioether (sulfide) groups is 1. The number of hydrogen-bond donors (Lipinski definition) is 2. The van der Waals surface area contributed by atoms with Crippen molar-refractivity contribution in [1.29, 1.82) is 0 Å². The first-order chi connectivity index (χ1) is 12.4. The predicted molar refractivity (Wildman–Crippen MR) is 108 cm³/mol. The van der Waals surface area contributed by atoms with Crippen molar-refractivity contribution in [2.24, 2.45) is 10.7 Å². The summed E-state index contributed by atoms with van der Waals surface area (Å²) in [6, 6.07) is 15.4. The number of carbonyl (C=O) groups excluding carboxylic acids is 1. The summed E-state index contributed by atoms with van der Waals surface area (Å²) in [5, 5.41) is 3.44. The highest BCUT2D eigenvalue weighted by molar-refractivity contribution is 8.13. The van der Waals surface area contributed by atoms with E-state index in [1.807, 2.05) is 55.5 Å². The number of aliphatic imine (C=N–C) groups is 1. The summed E-state index contributed by atoms with van der Waals surface area (Å²) in [6.07, 6.45) is 0.912. The van der Waals surface area contributed by atoms with Gasteiger partial charge in [-0.2, -0.15) is 0 Å². The minimum atomic E-state index is -0.348. The lowest BCUT2D eigenvalue weighted by Gasteiger charge is -2.30. The lowest BCUT2D eigenvalue weighted by Crippen LogP contribution is -2.28.